The molecule has 7 nitrogen and oxygen atoms in total. The number of anilines is 2. The highest BCUT2D eigenvalue weighted by Crippen LogP contribution is 2.31. The number of likely N-dealkylation sites (N-methyl/N-ethyl adjacent to an activating group) is 1. The smallest absolute Gasteiger partial charge is 0.260 e. The van der Waals surface area contributed by atoms with Gasteiger partial charge in [-0.2, -0.15) is 0 Å². The van der Waals surface area contributed by atoms with E-state index in [-0.39, 0.29) is 30.6 Å². The molecule has 0 aliphatic carbocycles. The van der Waals surface area contributed by atoms with E-state index in [9.17, 15) is 14.4 Å². The van der Waals surface area contributed by atoms with Crippen molar-refractivity contribution < 1.29 is 14.4 Å². The Morgan fingerprint density at radius 3 is 2.34 bits per heavy atom. The zero-order valence-corrected chi connectivity index (χ0v) is 19.3. The molecule has 8 heteroatoms. The molecule has 2 aromatic carbocycles. The zero-order valence-electron chi connectivity index (χ0n) is 18.5. The minimum atomic E-state index is -0.206. The number of amides is 3. The lowest BCUT2D eigenvalue weighted by molar-refractivity contribution is -0.121. The molecule has 0 N–H and O–H groups in total. The molecule has 4 rings (SSSR count). The highest BCUT2D eigenvalue weighted by atomic mass is 32.1. The van der Waals surface area contributed by atoms with E-state index in [1.807, 2.05) is 25.1 Å². The van der Waals surface area contributed by atoms with E-state index in [0.717, 1.165) is 16.6 Å². The number of hydrogen-bond acceptors (Lipinski definition) is 6. The van der Waals surface area contributed by atoms with E-state index in [4.69, 9.17) is 4.98 Å². The lowest BCUT2D eigenvalue weighted by Gasteiger charge is -2.22. The molecule has 0 atom stereocenters. The summed E-state index contributed by atoms with van der Waals surface area (Å²) in [6.45, 7) is 3.30. The van der Waals surface area contributed by atoms with Crippen molar-refractivity contribution in [2.75, 3.05) is 37.0 Å². The second-order valence-electron chi connectivity index (χ2n) is 8.08. The summed E-state index contributed by atoms with van der Waals surface area (Å²) in [5.41, 5.74) is 3.10. The topological polar surface area (TPSA) is 73.8 Å². The van der Waals surface area contributed by atoms with E-state index >= 15 is 0 Å². The Bertz CT molecular complexity index is 1150. The SMILES string of the molecule is CCc1ccc2nc(N(CCN(C)C)C(=O)c3ccc(N4C(=O)CCC4=O)cc3)sc2c1. The number of imide groups is 1. The summed E-state index contributed by atoms with van der Waals surface area (Å²) in [7, 11) is 3.93. The van der Waals surface area contributed by atoms with Gasteiger partial charge in [-0.3, -0.25) is 24.2 Å². The number of fused-ring (bicyclic) bond motifs is 1. The minimum Gasteiger partial charge on any atom is -0.308 e. The maximum absolute atomic E-state index is 13.4. The summed E-state index contributed by atoms with van der Waals surface area (Å²) < 4.78 is 1.06. The van der Waals surface area contributed by atoms with Gasteiger partial charge in [0.15, 0.2) is 5.13 Å². The second-order valence-corrected chi connectivity index (χ2v) is 9.09. The predicted molar refractivity (Wildman–Crippen MR) is 127 cm³/mol. The Morgan fingerprint density at radius 2 is 1.72 bits per heavy atom. The number of hydrogen-bond donors (Lipinski definition) is 0. The molecule has 2 heterocycles. The Hall–Kier alpha value is -3.10. The van der Waals surface area contributed by atoms with E-state index in [1.165, 1.54) is 21.8 Å². The van der Waals surface area contributed by atoms with Crippen molar-refractivity contribution >= 4 is 50.1 Å². The molecule has 0 saturated carbocycles. The number of benzene rings is 2. The Balaban J connectivity index is 1.63. The quantitative estimate of drug-likeness (QED) is 0.513. The fourth-order valence-corrected chi connectivity index (χ4v) is 4.70. The standard InChI is InChI=1S/C24H26N4O3S/c1-4-16-5-10-19-20(15-16)32-24(25-19)27(14-13-26(2)3)23(31)17-6-8-18(9-7-17)28-21(29)11-12-22(28)30/h5-10,15H,4,11-14H2,1-3H3. The van der Waals surface area contributed by atoms with Gasteiger partial charge in [0, 0.05) is 31.5 Å². The van der Waals surface area contributed by atoms with Crippen LogP contribution in [0.3, 0.4) is 0 Å². The average molecular weight is 451 g/mol. The van der Waals surface area contributed by atoms with Crippen LogP contribution in [0.4, 0.5) is 10.8 Å². The van der Waals surface area contributed by atoms with Crippen molar-refractivity contribution in [3.8, 4) is 0 Å². The van der Waals surface area contributed by atoms with Gasteiger partial charge in [-0.15, -0.1) is 0 Å². The Labute approximate surface area is 191 Å². The van der Waals surface area contributed by atoms with Crippen molar-refractivity contribution in [1.29, 1.82) is 0 Å². The van der Waals surface area contributed by atoms with Crippen LogP contribution in [0, 0.1) is 0 Å². The van der Waals surface area contributed by atoms with Crippen LogP contribution in [-0.4, -0.2) is 54.8 Å². The number of nitrogens with zero attached hydrogens (tertiary/aromatic N) is 4. The zero-order chi connectivity index (χ0) is 22.8. The molecule has 166 valence electrons. The van der Waals surface area contributed by atoms with Gasteiger partial charge in [0.1, 0.15) is 0 Å². The molecular weight excluding hydrogens is 424 g/mol. The molecule has 32 heavy (non-hydrogen) atoms. The summed E-state index contributed by atoms with van der Waals surface area (Å²) in [5.74, 6) is -0.572. The molecule has 1 aliphatic rings. The number of thiazole rings is 1. The first kappa shape index (κ1) is 22.1. The largest absolute Gasteiger partial charge is 0.308 e. The predicted octanol–water partition coefficient (Wildman–Crippen LogP) is 3.72. The number of carbonyl (C=O) groups is 3. The normalized spacial score (nSPS) is 14.1. The molecule has 0 bridgehead atoms. The monoisotopic (exact) mass is 450 g/mol. The Kier molecular flexibility index (Phi) is 6.34. The fraction of sp³-hybridized carbons (Fsp3) is 0.333. The Morgan fingerprint density at radius 1 is 1.03 bits per heavy atom. The molecule has 0 unspecified atom stereocenters. The lowest BCUT2D eigenvalue weighted by atomic mass is 10.1. The number of rotatable bonds is 7. The molecule has 0 spiro atoms. The van der Waals surface area contributed by atoms with E-state index in [0.29, 0.717) is 29.5 Å². The summed E-state index contributed by atoms with van der Waals surface area (Å²) >= 11 is 1.51. The molecular formula is C24H26N4O3S. The van der Waals surface area contributed by atoms with Crippen molar-refractivity contribution in [3.05, 3.63) is 53.6 Å². The van der Waals surface area contributed by atoms with Gasteiger partial charge in [-0.05, 0) is 62.5 Å². The minimum absolute atomic E-state index is 0.160. The van der Waals surface area contributed by atoms with Crippen LogP contribution in [0.2, 0.25) is 0 Å². The summed E-state index contributed by atoms with van der Waals surface area (Å²) in [4.78, 5) is 47.1. The van der Waals surface area contributed by atoms with Gasteiger partial charge in [0.05, 0.1) is 15.9 Å². The first-order chi connectivity index (χ1) is 15.4. The van der Waals surface area contributed by atoms with Crippen LogP contribution in [0.1, 0.15) is 35.7 Å². The third kappa shape index (κ3) is 4.42. The highest BCUT2D eigenvalue weighted by Gasteiger charge is 2.30. The first-order valence-electron chi connectivity index (χ1n) is 10.7. The summed E-state index contributed by atoms with van der Waals surface area (Å²) in [6, 6.07) is 12.8. The fourth-order valence-electron chi connectivity index (χ4n) is 3.65. The second kappa shape index (κ2) is 9.18. The van der Waals surface area contributed by atoms with Crippen LogP contribution in [0.5, 0.6) is 0 Å². The van der Waals surface area contributed by atoms with Crippen molar-refractivity contribution in [2.24, 2.45) is 0 Å². The molecule has 3 aromatic rings. The van der Waals surface area contributed by atoms with Crippen molar-refractivity contribution in [2.45, 2.75) is 26.2 Å². The van der Waals surface area contributed by atoms with E-state index in [2.05, 4.69) is 19.1 Å². The molecule has 1 aliphatic heterocycles. The maximum Gasteiger partial charge on any atom is 0.260 e. The van der Waals surface area contributed by atoms with Crippen LogP contribution in [0.15, 0.2) is 42.5 Å². The average Bonchev–Trinajstić information content (AvgIpc) is 3.35. The van der Waals surface area contributed by atoms with Crippen LogP contribution < -0.4 is 9.80 Å². The highest BCUT2D eigenvalue weighted by molar-refractivity contribution is 7.22. The third-order valence-electron chi connectivity index (χ3n) is 5.52. The maximum atomic E-state index is 13.4. The van der Waals surface area contributed by atoms with Crippen LogP contribution >= 0.6 is 11.3 Å². The van der Waals surface area contributed by atoms with Crippen molar-refractivity contribution in [1.82, 2.24) is 9.88 Å². The van der Waals surface area contributed by atoms with Gasteiger partial charge >= 0.3 is 0 Å². The molecule has 1 aromatic heterocycles. The number of aryl methyl sites for hydroxylation is 1. The lowest BCUT2D eigenvalue weighted by Crippen LogP contribution is -2.36. The van der Waals surface area contributed by atoms with E-state index in [1.54, 1.807) is 29.2 Å². The number of aromatic nitrogens is 1. The number of carbonyl (C=O) groups excluding carboxylic acids is 3. The van der Waals surface area contributed by atoms with Crippen molar-refractivity contribution in [3.63, 3.8) is 0 Å². The van der Waals surface area contributed by atoms with Gasteiger partial charge in [-0.25, -0.2) is 4.98 Å². The van der Waals surface area contributed by atoms with Gasteiger partial charge < -0.3 is 4.90 Å². The van der Waals surface area contributed by atoms with Gasteiger partial charge in [0.25, 0.3) is 5.91 Å². The van der Waals surface area contributed by atoms with Crippen LogP contribution in [0.25, 0.3) is 10.2 Å². The molecule has 1 saturated heterocycles. The van der Waals surface area contributed by atoms with Gasteiger partial charge in [-0.1, -0.05) is 24.3 Å². The molecule has 3 amide bonds. The molecule has 0 radical (unpaired) electrons. The summed E-state index contributed by atoms with van der Waals surface area (Å²) in [6.07, 6.45) is 1.41. The van der Waals surface area contributed by atoms with Crippen LogP contribution in [-0.2, 0) is 16.0 Å². The van der Waals surface area contributed by atoms with Gasteiger partial charge in [0.2, 0.25) is 11.8 Å². The summed E-state index contributed by atoms with van der Waals surface area (Å²) in [5, 5.41) is 0.661. The molecule has 1 fully saturated rings. The first-order valence-corrected chi connectivity index (χ1v) is 11.5. The third-order valence-corrected chi connectivity index (χ3v) is 6.56. The van der Waals surface area contributed by atoms with E-state index < -0.39 is 0 Å².